The molecule has 0 spiro atoms. The van der Waals surface area contributed by atoms with Crippen LogP contribution in [-0.4, -0.2) is 69.8 Å². The van der Waals surface area contributed by atoms with Gasteiger partial charge in [0.25, 0.3) is 10.1 Å². The summed E-state index contributed by atoms with van der Waals surface area (Å²) < 4.78 is 36.1. The third kappa shape index (κ3) is 14.3. The third-order valence-electron chi connectivity index (χ3n) is 2.26. The van der Waals surface area contributed by atoms with Gasteiger partial charge in [-0.15, -0.1) is 0 Å². The molecule has 0 aliphatic carbocycles. The van der Waals surface area contributed by atoms with Crippen LogP contribution < -0.4 is 0 Å². The van der Waals surface area contributed by atoms with Crippen LogP contribution in [0.15, 0.2) is 12.7 Å². The Morgan fingerprint density at radius 3 is 2.24 bits per heavy atom. The van der Waals surface area contributed by atoms with Gasteiger partial charge in [-0.25, -0.2) is 0 Å². The molecule has 0 radical (unpaired) electrons. The van der Waals surface area contributed by atoms with E-state index in [9.17, 15) is 18.0 Å². The largest absolute Gasteiger partial charge is 0.481 e. The maximum absolute atomic E-state index is 11.3. The Morgan fingerprint density at radius 1 is 1.38 bits per heavy atom. The van der Waals surface area contributed by atoms with Crippen molar-refractivity contribution in [3.8, 4) is 0 Å². The van der Waals surface area contributed by atoms with Crippen LogP contribution >= 0.6 is 0 Å². The van der Waals surface area contributed by atoms with E-state index in [0.717, 1.165) is 12.8 Å². The van der Waals surface area contributed by atoms with Gasteiger partial charge in [0.05, 0.1) is 13.0 Å². The molecule has 0 rings (SSSR count). The van der Waals surface area contributed by atoms with Gasteiger partial charge in [0, 0.05) is 0 Å². The molecule has 0 aromatic heterocycles. The number of hydrogen-bond acceptors (Lipinski definition) is 5. The zero-order valence-corrected chi connectivity index (χ0v) is 15.3. The second-order valence-corrected chi connectivity index (χ2v) is 6.59. The number of ether oxygens (including phenoxy) is 1. The Balaban J connectivity index is 0. The molecule has 21 heavy (non-hydrogen) atoms. The monoisotopic (exact) mass is 332 g/mol. The summed E-state index contributed by atoms with van der Waals surface area (Å²) in [6.07, 6.45) is 3.20. The van der Waals surface area contributed by atoms with E-state index in [2.05, 4.69) is 11.3 Å². The number of unbranched alkanes of at least 4 members (excludes halogenated alkanes) is 2. The fourth-order valence-electron chi connectivity index (χ4n) is 1.09. The Morgan fingerprint density at radius 2 is 1.90 bits per heavy atom. The van der Waals surface area contributed by atoms with Gasteiger partial charge in [0.1, 0.15) is 0 Å². The maximum Gasteiger partial charge on any atom is 0.327 e. The molecule has 0 aliphatic heterocycles. The summed E-state index contributed by atoms with van der Waals surface area (Å²) in [7, 11) is -4.76. The molecule has 2 N–H and O–H groups in total. The number of carboxylic acids is 1. The molecule has 0 saturated heterocycles. The molecular weight excluding hydrogens is 311 g/mol. The minimum absolute atomic E-state index is 0.0122. The second kappa shape index (κ2) is 13.3. The molecular formula is C12H21NaO7S. The summed E-state index contributed by atoms with van der Waals surface area (Å²) in [5.74, 6) is -2.73. The smallest absolute Gasteiger partial charge is 0.327 e. The normalized spacial score (nSPS) is 11.8. The first-order chi connectivity index (χ1) is 9.70. The van der Waals surface area contributed by atoms with Crippen molar-refractivity contribution in [2.75, 3.05) is 6.61 Å². The van der Waals surface area contributed by atoms with Gasteiger partial charge >= 0.3 is 56.2 Å². The van der Waals surface area contributed by atoms with E-state index in [1.165, 1.54) is 31.6 Å². The van der Waals surface area contributed by atoms with Gasteiger partial charge in [0.15, 0.2) is 5.25 Å². The third-order valence-corrected chi connectivity index (χ3v) is 3.92. The van der Waals surface area contributed by atoms with Crippen molar-refractivity contribution in [1.29, 1.82) is 0 Å². The Kier molecular flexibility index (Phi) is 14.4. The molecule has 9 heteroatoms. The number of esters is 1. The van der Waals surface area contributed by atoms with E-state index in [1.54, 1.807) is 0 Å². The van der Waals surface area contributed by atoms with E-state index in [0.29, 0.717) is 6.42 Å². The van der Waals surface area contributed by atoms with Gasteiger partial charge in [-0.1, -0.05) is 19.8 Å². The topological polar surface area (TPSA) is 118 Å². The zero-order valence-electron chi connectivity index (χ0n) is 12.4. The summed E-state index contributed by atoms with van der Waals surface area (Å²) >= 11 is 1.27. The molecule has 0 bridgehead atoms. The first-order valence-electron chi connectivity index (χ1n) is 6.66. The SMILES string of the molecule is C=C[CH2][Na].CCCCCOC(=O)C(CC(=O)O)S(=O)(=O)O. The van der Waals surface area contributed by atoms with Crippen LogP contribution in [0, 0.1) is 0 Å². The summed E-state index contributed by atoms with van der Waals surface area (Å²) in [6.45, 7) is 5.46. The molecule has 0 saturated carbocycles. The van der Waals surface area contributed by atoms with Crippen LogP contribution in [0.4, 0.5) is 0 Å². The minimum atomic E-state index is -4.76. The Hall–Kier alpha value is -0.410. The predicted molar refractivity (Wildman–Crippen MR) is 78.8 cm³/mol. The number of hydrogen-bond donors (Lipinski definition) is 2. The van der Waals surface area contributed by atoms with Crippen molar-refractivity contribution in [2.24, 2.45) is 0 Å². The van der Waals surface area contributed by atoms with Crippen LogP contribution in [-0.2, 0) is 24.4 Å². The van der Waals surface area contributed by atoms with Crippen LogP contribution in [0.3, 0.4) is 0 Å². The number of aliphatic carboxylic acids is 1. The number of carbonyl (C=O) groups excluding carboxylic acids is 1. The van der Waals surface area contributed by atoms with Crippen molar-refractivity contribution in [3.05, 3.63) is 12.7 Å². The van der Waals surface area contributed by atoms with Gasteiger partial charge in [0.2, 0.25) is 0 Å². The molecule has 0 heterocycles. The van der Waals surface area contributed by atoms with Crippen LogP contribution in [0.5, 0.6) is 0 Å². The molecule has 1 unspecified atom stereocenters. The zero-order chi connectivity index (χ0) is 16.9. The van der Waals surface area contributed by atoms with Crippen molar-refractivity contribution in [3.63, 3.8) is 0 Å². The molecule has 0 aromatic carbocycles. The summed E-state index contributed by atoms with van der Waals surface area (Å²) in [6, 6.07) is 0. The fourth-order valence-corrected chi connectivity index (χ4v) is 1.75. The van der Waals surface area contributed by atoms with Gasteiger partial charge in [-0.2, -0.15) is 8.42 Å². The second-order valence-electron chi connectivity index (χ2n) is 4.17. The Bertz CT molecular complexity index is 419. The standard InChI is InChI=1S/C9H16O7S.C3H5.Na/c1-2-3-4-5-16-9(12)7(6-8(10)11)17(13,14)15;1-3-2;/h7H,2-6H2,1H3,(H,10,11)(H,13,14,15);3H,1-2H2;. The predicted octanol–water partition coefficient (Wildman–Crippen LogP) is 1.21. The van der Waals surface area contributed by atoms with Crippen LogP contribution in [0.25, 0.3) is 0 Å². The summed E-state index contributed by atoms with van der Waals surface area (Å²) in [5.41, 5.74) is 0. The molecule has 0 aliphatic rings. The van der Waals surface area contributed by atoms with Gasteiger partial charge < -0.3 is 9.84 Å². The summed E-state index contributed by atoms with van der Waals surface area (Å²) in [5, 5.41) is 6.37. The van der Waals surface area contributed by atoms with Crippen molar-refractivity contribution in [2.45, 2.75) is 41.5 Å². The Labute approximate surface area is 142 Å². The van der Waals surface area contributed by atoms with E-state index in [4.69, 9.17) is 9.66 Å². The molecule has 0 aromatic rings. The molecule has 7 nitrogen and oxygen atoms in total. The summed E-state index contributed by atoms with van der Waals surface area (Å²) in [4.78, 5) is 21.6. The van der Waals surface area contributed by atoms with Crippen molar-refractivity contribution < 1.29 is 32.4 Å². The van der Waals surface area contributed by atoms with Gasteiger partial charge in [-0.3, -0.25) is 14.1 Å². The molecule has 0 amide bonds. The van der Waals surface area contributed by atoms with Crippen LogP contribution in [0.1, 0.15) is 32.6 Å². The maximum atomic E-state index is 11.3. The quantitative estimate of drug-likeness (QED) is 0.214. The number of carboxylic acid groups (broad SMARTS) is 1. The van der Waals surface area contributed by atoms with Gasteiger partial charge in [-0.05, 0) is 6.42 Å². The van der Waals surface area contributed by atoms with E-state index < -0.39 is 33.7 Å². The number of rotatable bonds is 9. The van der Waals surface area contributed by atoms with Crippen LogP contribution in [0.2, 0.25) is 3.67 Å². The van der Waals surface area contributed by atoms with Crippen molar-refractivity contribution >= 4 is 50.0 Å². The van der Waals surface area contributed by atoms with E-state index >= 15 is 0 Å². The molecule has 0 fully saturated rings. The van der Waals surface area contributed by atoms with E-state index in [-0.39, 0.29) is 6.61 Å². The van der Waals surface area contributed by atoms with Crippen molar-refractivity contribution in [1.82, 2.24) is 0 Å². The average molecular weight is 332 g/mol. The van der Waals surface area contributed by atoms with E-state index in [1.807, 2.05) is 13.0 Å². The number of carbonyl (C=O) groups is 2. The first-order valence-corrected chi connectivity index (χ1v) is 9.57. The number of allylic oxidation sites excluding steroid dienone is 1. The minimum Gasteiger partial charge on any atom is -0.481 e. The molecule has 118 valence electrons. The first kappa shape index (κ1) is 22.9. The molecule has 1 atom stereocenters. The average Bonchev–Trinajstić information content (AvgIpc) is 2.39. The fraction of sp³-hybridized carbons (Fsp3) is 0.667.